The van der Waals surface area contributed by atoms with E-state index < -0.39 is 0 Å². The van der Waals surface area contributed by atoms with Crippen molar-refractivity contribution in [3.05, 3.63) is 35.9 Å². The van der Waals surface area contributed by atoms with E-state index in [-0.39, 0.29) is 6.09 Å². The molecule has 0 unspecified atom stereocenters. The molecule has 2 rings (SSSR count). The van der Waals surface area contributed by atoms with Crippen LogP contribution in [0.2, 0.25) is 0 Å². The number of ether oxygens (including phenoxy) is 1. The van der Waals surface area contributed by atoms with E-state index in [4.69, 9.17) is 4.74 Å². The van der Waals surface area contributed by atoms with Crippen molar-refractivity contribution in [2.75, 3.05) is 19.7 Å². The summed E-state index contributed by atoms with van der Waals surface area (Å²) >= 11 is 0. The predicted molar refractivity (Wildman–Crippen MR) is 76.2 cm³/mol. The predicted octanol–water partition coefficient (Wildman–Crippen LogP) is 3.63. The van der Waals surface area contributed by atoms with Gasteiger partial charge in [-0.15, -0.1) is 0 Å². The van der Waals surface area contributed by atoms with Gasteiger partial charge in [-0.05, 0) is 44.1 Å². The van der Waals surface area contributed by atoms with Gasteiger partial charge in [0.05, 0.1) is 6.61 Å². The minimum atomic E-state index is -0.126. The molecular weight excluding hydrogens is 238 g/mol. The number of hydrogen-bond acceptors (Lipinski definition) is 2. The standard InChI is InChI=1S/C16H23NO2/c18-16(17-12-6-2-7-13-17)19-14-8-5-11-15-9-3-1-4-10-15/h1,3-4,9-10H,2,5-8,11-14H2. The van der Waals surface area contributed by atoms with Gasteiger partial charge in [0.15, 0.2) is 0 Å². The van der Waals surface area contributed by atoms with E-state index in [1.807, 2.05) is 11.0 Å². The Labute approximate surface area is 115 Å². The smallest absolute Gasteiger partial charge is 0.409 e. The minimum Gasteiger partial charge on any atom is -0.449 e. The van der Waals surface area contributed by atoms with Gasteiger partial charge in [0, 0.05) is 13.1 Å². The van der Waals surface area contributed by atoms with Crippen LogP contribution in [0.5, 0.6) is 0 Å². The van der Waals surface area contributed by atoms with Gasteiger partial charge < -0.3 is 9.64 Å². The highest BCUT2D eigenvalue weighted by Gasteiger charge is 2.16. The summed E-state index contributed by atoms with van der Waals surface area (Å²) in [6, 6.07) is 10.4. The Hall–Kier alpha value is -1.51. The van der Waals surface area contributed by atoms with Crippen molar-refractivity contribution < 1.29 is 9.53 Å². The molecule has 1 aliphatic rings. The van der Waals surface area contributed by atoms with E-state index in [2.05, 4.69) is 24.3 Å². The summed E-state index contributed by atoms with van der Waals surface area (Å²) in [5, 5.41) is 0. The van der Waals surface area contributed by atoms with Gasteiger partial charge in [-0.3, -0.25) is 0 Å². The number of benzene rings is 1. The maximum Gasteiger partial charge on any atom is 0.409 e. The van der Waals surface area contributed by atoms with Gasteiger partial charge in [-0.2, -0.15) is 0 Å². The molecule has 0 spiro atoms. The van der Waals surface area contributed by atoms with Gasteiger partial charge in [0.1, 0.15) is 0 Å². The topological polar surface area (TPSA) is 29.5 Å². The first-order chi connectivity index (χ1) is 9.36. The first kappa shape index (κ1) is 13.9. The SMILES string of the molecule is O=C(OCCCCc1ccccc1)N1CCCCC1. The summed E-state index contributed by atoms with van der Waals surface area (Å²) in [5.74, 6) is 0. The Bertz CT molecular complexity index is 372. The zero-order valence-corrected chi connectivity index (χ0v) is 11.5. The Morgan fingerprint density at radius 3 is 2.53 bits per heavy atom. The number of amides is 1. The Kier molecular flexibility index (Phi) is 5.73. The molecule has 1 fully saturated rings. The van der Waals surface area contributed by atoms with Gasteiger partial charge in [-0.25, -0.2) is 4.79 Å². The number of piperidine rings is 1. The van der Waals surface area contributed by atoms with Crippen molar-refractivity contribution >= 4 is 6.09 Å². The van der Waals surface area contributed by atoms with Crippen molar-refractivity contribution in [3.63, 3.8) is 0 Å². The first-order valence-corrected chi connectivity index (χ1v) is 7.32. The number of nitrogens with zero attached hydrogens (tertiary/aromatic N) is 1. The Morgan fingerprint density at radius 1 is 1.05 bits per heavy atom. The van der Waals surface area contributed by atoms with E-state index in [0.29, 0.717) is 6.61 Å². The zero-order valence-electron chi connectivity index (χ0n) is 11.5. The minimum absolute atomic E-state index is 0.126. The number of carbonyl (C=O) groups excluding carboxylic acids is 1. The number of unbranched alkanes of at least 4 members (excludes halogenated alkanes) is 1. The van der Waals surface area contributed by atoms with E-state index in [0.717, 1.165) is 45.2 Å². The Balaban J connectivity index is 1.55. The van der Waals surface area contributed by atoms with Crippen LogP contribution in [-0.2, 0) is 11.2 Å². The van der Waals surface area contributed by atoms with E-state index in [9.17, 15) is 4.79 Å². The lowest BCUT2D eigenvalue weighted by Crippen LogP contribution is -2.36. The molecule has 0 saturated carbocycles. The lowest BCUT2D eigenvalue weighted by molar-refractivity contribution is 0.0938. The van der Waals surface area contributed by atoms with Crippen molar-refractivity contribution in [3.8, 4) is 0 Å². The second-order valence-corrected chi connectivity index (χ2v) is 5.10. The second-order valence-electron chi connectivity index (χ2n) is 5.10. The fraction of sp³-hybridized carbons (Fsp3) is 0.562. The number of hydrogen-bond donors (Lipinski definition) is 0. The maximum atomic E-state index is 11.7. The molecule has 1 amide bonds. The molecule has 0 aromatic heterocycles. The summed E-state index contributed by atoms with van der Waals surface area (Å²) in [7, 11) is 0. The summed E-state index contributed by atoms with van der Waals surface area (Å²) in [6.07, 6.45) is 6.40. The van der Waals surface area contributed by atoms with Crippen molar-refractivity contribution in [2.45, 2.75) is 38.5 Å². The zero-order chi connectivity index (χ0) is 13.3. The molecule has 0 N–H and O–H groups in total. The number of rotatable bonds is 5. The molecule has 0 atom stereocenters. The van der Waals surface area contributed by atoms with Crippen molar-refractivity contribution in [2.24, 2.45) is 0 Å². The van der Waals surface area contributed by atoms with Crippen LogP contribution in [0.15, 0.2) is 30.3 Å². The van der Waals surface area contributed by atoms with Gasteiger partial charge in [0.2, 0.25) is 0 Å². The largest absolute Gasteiger partial charge is 0.449 e. The third kappa shape index (κ3) is 4.93. The van der Waals surface area contributed by atoms with Crippen LogP contribution in [-0.4, -0.2) is 30.7 Å². The average molecular weight is 261 g/mol. The van der Waals surface area contributed by atoms with Gasteiger partial charge in [-0.1, -0.05) is 30.3 Å². The van der Waals surface area contributed by atoms with Crippen LogP contribution >= 0.6 is 0 Å². The normalized spacial score (nSPS) is 15.3. The van der Waals surface area contributed by atoms with Crippen LogP contribution in [0.4, 0.5) is 4.79 Å². The lowest BCUT2D eigenvalue weighted by Gasteiger charge is -2.25. The molecule has 3 nitrogen and oxygen atoms in total. The highest BCUT2D eigenvalue weighted by Crippen LogP contribution is 2.10. The first-order valence-electron chi connectivity index (χ1n) is 7.32. The summed E-state index contributed by atoms with van der Waals surface area (Å²) in [6.45, 7) is 2.27. The Morgan fingerprint density at radius 2 is 1.79 bits per heavy atom. The number of carbonyl (C=O) groups is 1. The fourth-order valence-corrected chi connectivity index (χ4v) is 2.40. The summed E-state index contributed by atoms with van der Waals surface area (Å²) < 4.78 is 5.31. The molecule has 1 saturated heterocycles. The highest BCUT2D eigenvalue weighted by atomic mass is 16.6. The molecule has 19 heavy (non-hydrogen) atoms. The maximum absolute atomic E-state index is 11.7. The molecule has 104 valence electrons. The molecule has 3 heteroatoms. The number of aryl methyl sites for hydroxylation is 1. The molecule has 1 aromatic rings. The second kappa shape index (κ2) is 7.82. The van der Waals surface area contributed by atoms with Crippen LogP contribution in [0.25, 0.3) is 0 Å². The highest BCUT2D eigenvalue weighted by molar-refractivity contribution is 5.67. The molecule has 1 aromatic carbocycles. The van der Waals surface area contributed by atoms with E-state index in [1.54, 1.807) is 0 Å². The lowest BCUT2D eigenvalue weighted by atomic mass is 10.1. The summed E-state index contributed by atoms with van der Waals surface area (Å²) in [4.78, 5) is 13.6. The number of likely N-dealkylation sites (tertiary alicyclic amines) is 1. The van der Waals surface area contributed by atoms with Crippen LogP contribution in [0.3, 0.4) is 0 Å². The average Bonchev–Trinajstić information content (AvgIpc) is 2.49. The van der Waals surface area contributed by atoms with Gasteiger partial charge in [0.25, 0.3) is 0 Å². The third-order valence-corrected chi connectivity index (χ3v) is 3.54. The molecule has 1 aliphatic heterocycles. The molecular formula is C16H23NO2. The van der Waals surface area contributed by atoms with E-state index >= 15 is 0 Å². The molecule has 0 bridgehead atoms. The fourth-order valence-electron chi connectivity index (χ4n) is 2.40. The molecule has 0 radical (unpaired) electrons. The third-order valence-electron chi connectivity index (χ3n) is 3.54. The van der Waals surface area contributed by atoms with Crippen LogP contribution in [0.1, 0.15) is 37.7 Å². The van der Waals surface area contributed by atoms with Crippen LogP contribution < -0.4 is 0 Å². The van der Waals surface area contributed by atoms with Crippen molar-refractivity contribution in [1.29, 1.82) is 0 Å². The van der Waals surface area contributed by atoms with Gasteiger partial charge >= 0.3 is 6.09 Å². The molecule has 1 heterocycles. The summed E-state index contributed by atoms with van der Waals surface area (Å²) in [5.41, 5.74) is 1.35. The monoisotopic (exact) mass is 261 g/mol. The van der Waals surface area contributed by atoms with Crippen LogP contribution in [0, 0.1) is 0 Å². The van der Waals surface area contributed by atoms with Crippen molar-refractivity contribution in [1.82, 2.24) is 4.90 Å². The quantitative estimate of drug-likeness (QED) is 0.757. The molecule has 0 aliphatic carbocycles. The van der Waals surface area contributed by atoms with E-state index in [1.165, 1.54) is 12.0 Å².